The summed E-state index contributed by atoms with van der Waals surface area (Å²) in [7, 11) is -0.0498. The zero-order valence-electron chi connectivity index (χ0n) is 22.6. The molecular formula is C29H30F2N4O4S. The SMILES string of the molecule is CCc1c(F)ccc2cc(OCOC)cc(-c3ncc4c(N5CCCC6(CCO6)C5)nc(S(C)=O)nc4c3F)c12. The summed E-state index contributed by atoms with van der Waals surface area (Å²) < 4.78 is 60.7. The van der Waals surface area contributed by atoms with Gasteiger partial charge in [0.15, 0.2) is 12.6 Å². The largest absolute Gasteiger partial charge is 0.468 e. The second kappa shape index (κ2) is 10.6. The summed E-state index contributed by atoms with van der Waals surface area (Å²) in [4.78, 5) is 15.6. The van der Waals surface area contributed by atoms with Crippen LogP contribution < -0.4 is 9.64 Å². The van der Waals surface area contributed by atoms with E-state index in [0.29, 0.717) is 58.4 Å². The van der Waals surface area contributed by atoms with E-state index in [1.165, 1.54) is 19.4 Å². The van der Waals surface area contributed by atoms with Crippen molar-refractivity contribution in [3.05, 3.63) is 47.7 Å². The van der Waals surface area contributed by atoms with Crippen molar-refractivity contribution in [2.45, 2.75) is 43.4 Å². The Balaban J connectivity index is 1.58. The van der Waals surface area contributed by atoms with Crippen molar-refractivity contribution in [1.29, 1.82) is 0 Å². The predicted octanol–water partition coefficient (Wildman–Crippen LogP) is 5.17. The number of rotatable bonds is 7. The maximum Gasteiger partial charge on any atom is 0.220 e. The van der Waals surface area contributed by atoms with Gasteiger partial charge in [0.2, 0.25) is 5.16 Å². The predicted molar refractivity (Wildman–Crippen MR) is 149 cm³/mol. The van der Waals surface area contributed by atoms with Gasteiger partial charge >= 0.3 is 0 Å². The molecule has 2 aromatic carbocycles. The molecule has 11 heteroatoms. The maximum absolute atomic E-state index is 16.6. The van der Waals surface area contributed by atoms with Gasteiger partial charge in [-0.05, 0) is 53.8 Å². The first-order valence-corrected chi connectivity index (χ1v) is 14.9. The summed E-state index contributed by atoms with van der Waals surface area (Å²) in [5.41, 5.74) is 0.606. The highest BCUT2D eigenvalue weighted by Gasteiger charge is 2.43. The van der Waals surface area contributed by atoms with E-state index in [2.05, 4.69) is 19.9 Å². The van der Waals surface area contributed by atoms with Crippen LogP contribution in [0.3, 0.4) is 0 Å². The van der Waals surface area contributed by atoms with Crippen LogP contribution in [0, 0.1) is 11.6 Å². The molecular weight excluding hydrogens is 538 g/mol. The van der Waals surface area contributed by atoms with Crippen molar-refractivity contribution in [3.8, 4) is 17.0 Å². The number of aromatic nitrogens is 3. The summed E-state index contributed by atoms with van der Waals surface area (Å²) >= 11 is 0. The van der Waals surface area contributed by atoms with Crippen LogP contribution in [0.2, 0.25) is 0 Å². The van der Waals surface area contributed by atoms with Gasteiger partial charge < -0.3 is 19.1 Å². The fraction of sp³-hybridized carbons (Fsp3) is 0.414. The van der Waals surface area contributed by atoms with Gasteiger partial charge in [-0.2, -0.15) is 0 Å². The fourth-order valence-electron chi connectivity index (χ4n) is 5.80. The molecule has 0 amide bonds. The highest BCUT2D eigenvalue weighted by atomic mass is 32.2. The van der Waals surface area contributed by atoms with Crippen LogP contribution in [0.1, 0.15) is 31.7 Å². The highest BCUT2D eigenvalue weighted by molar-refractivity contribution is 7.84. The van der Waals surface area contributed by atoms with Gasteiger partial charge in [-0.1, -0.05) is 13.0 Å². The van der Waals surface area contributed by atoms with E-state index < -0.39 is 16.6 Å². The summed E-state index contributed by atoms with van der Waals surface area (Å²) in [6.07, 6.45) is 6.23. The summed E-state index contributed by atoms with van der Waals surface area (Å²) in [6, 6.07) is 6.44. The number of pyridine rings is 1. The molecule has 2 aliphatic heterocycles. The molecule has 2 unspecified atom stereocenters. The van der Waals surface area contributed by atoms with E-state index in [-0.39, 0.29) is 34.6 Å². The third-order valence-electron chi connectivity index (χ3n) is 7.80. The van der Waals surface area contributed by atoms with Crippen LogP contribution in [-0.4, -0.2) is 64.6 Å². The third kappa shape index (κ3) is 4.59. The molecule has 4 aromatic rings. The Morgan fingerprint density at radius 3 is 2.73 bits per heavy atom. The lowest BCUT2D eigenvalue weighted by atomic mass is 9.86. The van der Waals surface area contributed by atoms with Crippen LogP contribution in [0.15, 0.2) is 35.6 Å². The van der Waals surface area contributed by atoms with Crippen molar-refractivity contribution in [3.63, 3.8) is 0 Å². The molecule has 40 heavy (non-hydrogen) atoms. The quantitative estimate of drug-likeness (QED) is 0.223. The molecule has 1 spiro atoms. The molecule has 0 aliphatic carbocycles. The zero-order chi connectivity index (χ0) is 28.0. The van der Waals surface area contributed by atoms with Gasteiger partial charge in [-0.3, -0.25) is 9.19 Å². The molecule has 2 aliphatic rings. The van der Waals surface area contributed by atoms with Crippen LogP contribution in [-0.2, 0) is 26.7 Å². The molecule has 0 saturated carbocycles. The number of halogens is 2. The molecule has 2 saturated heterocycles. The van der Waals surface area contributed by atoms with Crippen molar-refractivity contribution >= 4 is 38.3 Å². The first kappa shape index (κ1) is 26.9. The first-order valence-electron chi connectivity index (χ1n) is 13.3. The molecule has 8 nitrogen and oxygen atoms in total. The van der Waals surface area contributed by atoms with Crippen molar-refractivity contribution in [2.24, 2.45) is 0 Å². The van der Waals surface area contributed by atoms with Crippen LogP contribution >= 0.6 is 0 Å². The summed E-state index contributed by atoms with van der Waals surface area (Å²) in [6.45, 7) is 3.88. The lowest BCUT2D eigenvalue weighted by Gasteiger charge is -2.48. The average Bonchev–Trinajstić information content (AvgIpc) is 2.94. The Kier molecular flexibility index (Phi) is 7.14. The van der Waals surface area contributed by atoms with E-state index in [1.54, 1.807) is 24.4 Å². The molecule has 2 fully saturated rings. The van der Waals surface area contributed by atoms with Crippen LogP contribution in [0.4, 0.5) is 14.6 Å². The van der Waals surface area contributed by atoms with Gasteiger partial charge in [0.25, 0.3) is 0 Å². The van der Waals surface area contributed by atoms with E-state index in [1.807, 2.05) is 6.92 Å². The van der Waals surface area contributed by atoms with E-state index in [0.717, 1.165) is 25.9 Å². The number of piperidine rings is 1. The lowest BCUT2D eigenvalue weighted by molar-refractivity contribution is -0.151. The zero-order valence-corrected chi connectivity index (χ0v) is 23.4. The monoisotopic (exact) mass is 568 g/mol. The molecule has 2 atom stereocenters. The number of benzene rings is 2. The minimum atomic E-state index is -1.55. The summed E-state index contributed by atoms with van der Waals surface area (Å²) in [5.74, 6) is -0.160. The normalized spacial score (nSPS) is 19.8. The number of nitrogens with zero attached hydrogens (tertiary/aromatic N) is 4. The molecule has 0 N–H and O–H groups in total. The number of fused-ring (bicyclic) bond motifs is 2. The maximum atomic E-state index is 16.6. The number of anilines is 1. The van der Waals surface area contributed by atoms with Crippen LogP contribution in [0.5, 0.6) is 5.75 Å². The number of aryl methyl sites for hydroxylation is 1. The Morgan fingerprint density at radius 2 is 2.02 bits per heavy atom. The van der Waals surface area contributed by atoms with Gasteiger partial charge in [-0.25, -0.2) is 18.7 Å². The Bertz CT molecular complexity index is 1650. The Morgan fingerprint density at radius 1 is 1.20 bits per heavy atom. The van der Waals surface area contributed by atoms with Gasteiger partial charge in [0.05, 0.1) is 28.4 Å². The number of methoxy groups -OCH3 is 1. The summed E-state index contributed by atoms with van der Waals surface area (Å²) in [5, 5.41) is 1.69. The number of ether oxygens (including phenoxy) is 3. The van der Waals surface area contributed by atoms with Gasteiger partial charge in [0.1, 0.15) is 28.6 Å². The topological polar surface area (TPSA) is 86.7 Å². The lowest BCUT2D eigenvalue weighted by Crippen LogP contribution is -2.56. The smallest absolute Gasteiger partial charge is 0.220 e. The number of hydrogen-bond acceptors (Lipinski definition) is 8. The third-order valence-corrected chi connectivity index (χ3v) is 8.50. The molecule has 2 aromatic heterocycles. The van der Waals surface area contributed by atoms with Gasteiger partial charge in [0, 0.05) is 44.6 Å². The molecule has 6 rings (SSSR count). The van der Waals surface area contributed by atoms with Crippen molar-refractivity contribution in [1.82, 2.24) is 15.0 Å². The minimum absolute atomic E-state index is 0.00408. The van der Waals surface area contributed by atoms with Crippen molar-refractivity contribution < 1.29 is 27.2 Å². The van der Waals surface area contributed by atoms with E-state index >= 15 is 4.39 Å². The minimum Gasteiger partial charge on any atom is -0.468 e. The van der Waals surface area contributed by atoms with Gasteiger partial charge in [-0.15, -0.1) is 0 Å². The standard InChI is InChI=1S/C29H30F2N4O4S/c1-4-19-22(30)7-6-17-12-18(38-16-37-2)13-20(23(17)19)25-24(31)26-21(14-32-25)27(34-28(33-26)40(3)36)35-10-5-8-29(15-35)9-11-39-29/h6-7,12-14H,4-5,8-11,15-16H2,1-3H3. The first-order chi connectivity index (χ1) is 19.3. The van der Waals surface area contributed by atoms with Crippen LogP contribution in [0.25, 0.3) is 32.9 Å². The highest BCUT2D eigenvalue weighted by Crippen LogP contribution is 2.41. The molecule has 0 radical (unpaired) electrons. The average molecular weight is 569 g/mol. The second-order valence-electron chi connectivity index (χ2n) is 10.3. The molecule has 4 heterocycles. The van der Waals surface area contributed by atoms with E-state index in [9.17, 15) is 8.60 Å². The Labute approximate surface area is 233 Å². The molecule has 210 valence electrons. The number of hydrogen-bond donors (Lipinski definition) is 0. The molecule has 0 bridgehead atoms. The van der Waals surface area contributed by atoms with E-state index in [4.69, 9.17) is 14.2 Å². The second-order valence-corrected chi connectivity index (χ2v) is 11.5. The fourth-order valence-corrected chi connectivity index (χ4v) is 6.24. The Hall–Kier alpha value is -3.28. The van der Waals surface area contributed by atoms with Crippen molar-refractivity contribution in [2.75, 3.05) is 44.8 Å².